The number of nitrogens with zero attached hydrogens (tertiary/aromatic N) is 3. The van der Waals surface area contributed by atoms with Gasteiger partial charge < -0.3 is 0 Å². The fourth-order valence-corrected chi connectivity index (χ4v) is 5.99. The molecule has 1 saturated heterocycles. The van der Waals surface area contributed by atoms with Crippen LogP contribution in [0.4, 0.5) is 0 Å². The van der Waals surface area contributed by atoms with Crippen LogP contribution in [-0.4, -0.2) is 34.7 Å². The van der Waals surface area contributed by atoms with Gasteiger partial charge in [0.1, 0.15) is 10.2 Å². The van der Waals surface area contributed by atoms with E-state index in [1.807, 2.05) is 43.3 Å². The van der Waals surface area contributed by atoms with Crippen LogP contribution in [0.2, 0.25) is 5.15 Å². The van der Waals surface area contributed by atoms with E-state index in [0.29, 0.717) is 11.6 Å². The number of fused-ring (bicyclic) bond motifs is 1. The summed E-state index contributed by atoms with van der Waals surface area (Å²) < 4.78 is 26.2. The maximum Gasteiger partial charge on any atom is 0.152 e. The summed E-state index contributed by atoms with van der Waals surface area (Å²) in [6.45, 7) is 1.88. The van der Waals surface area contributed by atoms with Gasteiger partial charge >= 0.3 is 0 Å². The number of rotatable bonds is 3. The molecule has 3 heterocycles. The second-order valence-corrected chi connectivity index (χ2v) is 9.79. The van der Waals surface area contributed by atoms with E-state index in [9.17, 15) is 8.42 Å². The first-order chi connectivity index (χ1) is 11.9. The third kappa shape index (κ3) is 3.23. The van der Waals surface area contributed by atoms with Crippen molar-refractivity contribution in [1.82, 2.24) is 14.8 Å². The Morgan fingerprint density at radius 2 is 2.12 bits per heavy atom. The lowest BCUT2D eigenvalue weighted by atomic mass is 10.2. The molecule has 1 fully saturated rings. The lowest BCUT2D eigenvalue weighted by Crippen LogP contribution is -2.12. The molecule has 1 aromatic carbocycles. The molecule has 3 aromatic rings. The molecule has 2 aromatic heterocycles. The first-order valence-electron chi connectivity index (χ1n) is 7.92. The Hall–Kier alpha value is -1.70. The summed E-state index contributed by atoms with van der Waals surface area (Å²) in [4.78, 5) is 4.57. The molecule has 1 atom stereocenters. The molecule has 5 nitrogen and oxygen atoms in total. The zero-order valence-electron chi connectivity index (χ0n) is 13.5. The number of aryl methyl sites for hydroxylation is 1. The molecule has 0 saturated carbocycles. The number of thiazole rings is 1. The standard InChI is InChI=1S/C17H16ClN3O2S2/c1-11-13(6-7-16-19-14-4-2-3-5-15(14)24-16)17(18)21(20-11)12-8-9-25(22,23)10-12/h2-7,12H,8-10H2,1H3/b7-6+. The van der Waals surface area contributed by atoms with Crippen molar-refractivity contribution in [2.45, 2.75) is 19.4 Å². The van der Waals surface area contributed by atoms with Crippen molar-refractivity contribution < 1.29 is 8.42 Å². The Bertz CT molecular complexity index is 1050. The Balaban J connectivity index is 1.64. The monoisotopic (exact) mass is 393 g/mol. The second kappa shape index (κ2) is 6.23. The largest absolute Gasteiger partial charge is 0.249 e. The molecule has 0 aliphatic carbocycles. The number of para-hydroxylation sites is 1. The minimum Gasteiger partial charge on any atom is -0.249 e. The van der Waals surface area contributed by atoms with E-state index in [4.69, 9.17) is 11.6 Å². The van der Waals surface area contributed by atoms with Crippen molar-refractivity contribution >= 4 is 55.1 Å². The van der Waals surface area contributed by atoms with Gasteiger partial charge in [0.05, 0.1) is 33.5 Å². The molecule has 0 amide bonds. The normalized spacial score (nSPS) is 20.0. The average molecular weight is 394 g/mol. The van der Waals surface area contributed by atoms with Crippen LogP contribution < -0.4 is 0 Å². The van der Waals surface area contributed by atoms with E-state index >= 15 is 0 Å². The van der Waals surface area contributed by atoms with E-state index < -0.39 is 9.84 Å². The molecule has 25 heavy (non-hydrogen) atoms. The van der Waals surface area contributed by atoms with Crippen LogP contribution in [0.1, 0.15) is 28.7 Å². The number of halogens is 1. The molecule has 8 heteroatoms. The van der Waals surface area contributed by atoms with E-state index in [-0.39, 0.29) is 17.5 Å². The summed E-state index contributed by atoms with van der Waals surface area (Å²) in [5.74, 6) is 0.304. The first-order valence-corrected chi connectivity index (χ1v) is 10.9. The van der Waals surface area contributed by atoms with Crippen molar-refractivity contribution in [2.24, 2.45) is 0 Å². The van der Waals surface area contributed by atoms with Crippen LogP contribution in [0.3, 0.4) is 0 Å². The molecule has 0 N–H and O–H groups in total. The van der Waals surface area contributed by atoms with Crippen molar-refractivity contribution in [1.29, 1.82) is 0 Å². The summed E-state index contributed by atoms with van der Waals surface area (Å²) in [7, 11) is -2.98. The topological polar surface area (TPSA) is 64.8 Å². The molecule has 0 radical (unpaired) electrons. The van der Waals surface area contributed by atoms with Crippen molar-refractivity contribution in [2.75, 3.05) is 11.5 Å². The van der Waals surface area contributed by atoms with Gasteiger partial charge in [-0.15, -0.1) is 11.3 Å². The van der Waals surface area contributed by atoms with Crippen LogP contribution in [0.15, 0.2) is 24.3 Å². The molecule has 4 rings (SSSR count). The zero-order valence-corrected chi connectivity index (χ0v) is 15.9. The summed E-state index contributed by atoms with van der Waals surface area (Å²) >= 11 is 8.10. The first kappa shape index (κ1) is 16.8. The predicted octanol–water partition coefficient (Wildman–Crippen LogP) is 3.98. The third-order valence-electron chi connectivity index (χ3n) is 4.33. The quantitative estimate of drug-likeness (QED) is 0.675. The molecule has 0 spiro atoms. The van der Waals surface area contributed by atoms with E-state index in [1.54, 1.807) is 16.0 Å². The SMILES string of the molecule is Cc1nn(C2CCS(=O)(=O)C2)c(Cl)c1/C=C/c1nc2ccccc2s1. The Kier molecular flexibility index (Phi) is 4.17. The third-order valence-corrected chi connectivity index (χ3v) is 7.46. The fourth-order valence-electron chi connectivity index (χ4n) is 3.05. The van der Waals surface area contributed by atoms with Gasteiger partial charge in [-0.25, -0.2) is 18.1 Å². The smallest absolute Gasteiger partial charge is 0.152 e. The van der Waals surface area contributed by atoms with Gasteiger partial charge in [0.15, 0.2) is 9.84 Å². The Morgan fingerprint density at radius 3 is 2.84 bits per heavy atom. The maximum atomic E-state index is 11.7. The van der Waals surface area contributed by atoms with Gasteiger partial charge in [0, 0.05) is 5.56 Å². The summed E-state index contributed by atoms with van der Waals surface area (Å²) in [6.07, 6.45) is 4.39. The molecular weight excluding hydrogens is 378 g/mol. The number of hydrogen-bond acceptors (Lipinski definition) is 5. The Labute approximate surface area is 154 Å². The lowest BCUT2D eigenvalue weighted by Gasteiger charge is -2.09. The van der Waals surface area contributed by atoms with Crippen molar-refractivity contribution in [3.63, 3.8) is 0 Å². The fraction of sp³-hybridized carbons (Fsp3) is 0.294. The van der Waals surface area contributed by atoms with Gasteiger partial charge in [-0.3, -0.25) is 0 Å². The average Bonchev–Trinajstić information content (AvgIpc) is 3.21. The molecule has 1 aliphatic rings. The highest BCUT2D eigenvalue weighted by Gasteiger charge is 2.31. The van der Waals surface area contributed by atoms with Crippen LogP contribution in [-0.2, 0) is 9.84 Å². The van der Waals surface area contributed by atoms with Gasteiger partial charge in [-0.1, -0.05) is 23.7 Å². The van der Waals surface area contributed by atoms with Crippen LogP contribution in [0.25, 0.3) is 22.4 Å². The highest BCUT2D eigenvalue weighted by Crippen LogP contribution is 2.31. The van der Waals surface area contributed by atoms with Crippen LogP contribution in [0, 0.1) is 6.92 Å². The minimum atomic E-state index is -2.98. The van der Waals surface area contributed by atoms with E-state index in [2.05, 4.69) is 10.1 Å². The second-order valence-electron chi connectivity index (χ2n) is 6.14. The number of hydrogen-bond donors (Lipinski definition) is 0. The van der Waals surface area contributed by atoms with Gasteiger partial charge in [-0.2, -0.15) is 5.10 Å². The Morgan fingerprint density at radius 1 is 1.32 bits per heavy atom. The molecule has 1 unspecified atom stereocenters. The van der Waals surface area contributed by atoms with Crippen molar-refractivity contribution in [3.8, 4) is 0 Å². The van der Waals surface area contributed by atoms with Crippen LogP contribution in [0.5, 0.6) is 0 Å². The van der Waals surface area contributed by atoms with Gasteiger partial charge in [-0.05, 0) is 37.6 Å². The number of sulfone groups is 1. The number of aromatic nitrogens is 3. The lowest BCUT2D eigenvalue weighted by molar-refractivity contribution is 0.497. The summed E-state index contributed by atoms with van der Waals surface area (Å²) in [6, 6.07) is 7.81. The highest BCUT2D eigenvalue weighted by atomic mass is 35.5. The maximum absolute atomic E-state index is 11.7. The molecule has 0 bridgehead atoms. The summed E-state index contributed by atoms with van der Waals surface area (Å²) in [5, 5.41) is 5.84. The molecule has 1 aliphatic heterocycles. The van der Waals surface area contributed by atoms with Gasteiger partial charge in [0.2, 0.25) is 0 Å². The van der Waals surface area contributed by atoms with Crippen molar-refractivity contribution in [3.05, 3.63) is 45.7 Å². The predicted molar refractivity (Wildman–Crippen MR) is 103 cm³/mol. The summed E-state index contributed by atoms with van der Waals surface area (Å²) in [5.41, 5.74) is 2.57. The van der Waals surface area contributed by atoms with E-state index in [1.165, 1.54) is 0 Å². The molecular formula is C17H16ClN3O2S2. The number of benzene rings is 1. The van der Waals surface area contributed by atoms with Gasteiger partial charge in [0.25, 0.3) is 0 Å². The molecule has 130 valence electrons. The zero-order chi connectivity index (χ0) is 17.6. The van der Waals surface area contributed by atoms with E-state index in [0.717, 1.165) is 26.5 Å². The highest BCUT2D eigenvalue weighted by molar-refractivity contribution is 7.91. The minimum absolute atomic E-state index is 0.106. The van der Waals surface area contributed by atoms with Crippen LogP contribution >= 0.6 is 22.9 Å².